The van der Waals surface area contributed by atoms with Crippen molar-refractivity contribution < 1.29 is 19.8 Å². The van der Waals surface area contributed by atoms with Crippen LogP contribution in [0.4, 0.5) is 0 Å². The number of hydrogen-bond acceptors (Lipinski definition) is 4. The van der Waals surface area contributed by atoms with Crippen LogP contribution in [0.2, 0.25) is 0 Å². The molecule has 0 aromatic heterocycles. The average Bonchev–Trinajstić information content (AvgIpc) is 2.92. The maximum Gasteiger partial charge on any atom is 0.306 e. The number of allylic oxidation sites excluding steroid dienone is 1. The van der Waals surface area contributed by atoms with E-state index in [4.69, 9.17) is 5.11 Å². The molecule has 3 atom stereocenters. The minimum absolute atomic E-state index is 0.0732. The molecule has 5 heteroatoms. The Bertz CT molecular complexity index is 435. The lowest BCUT2D eigenvalue weighted by molar-refractivity contribution is -0.141. The predicted octanol–water partition coefficient (Wildman–Crippen LogP) is 3.41. The second-order valence-corrected chi connectivity index (χ2v) is 7.23. The number of aliphatic carboxylic acids is 1. The van der Waals surface area contributed by atoms with Crippen molar-refractivity contribution in [2.24, 2.45) is 5.92 Å². The molecule has 0 radical (unpaired) electrons. The van der Waals surface area contributed by atoms with E-state index in [1.165, 1.54) is 0 Å². The summed E-state index contributed by atoms with van der Waals surface area (Å²) in [6.45, 7) is 5.43. The van der Waals surface area contributed by atoms with Gasteiger partial charge in [0.15, 0.2) is 5.78 Å². The molecular formula is C20H35NO4. The summed E-state index contributed by atoms with van der Waals surface area (Å²) < 4.78 is 0. The molecule has 2 N–H and O–H groups in total. The van der Waals surface area contributed by atoms with Gasteiger partial charge in [0.1, 0.15) is 0 Å². The topological polar surface area (TPSA) is 77.8 Å². The summed E-state index contributed by atoms with van der Waals surface area (Å²) in [5.41, 5.74) is 0. The fourth-order valence-corrected chi connectivity index (χ4v) is 3.23. The third-order valence-electron chi connectivity index (χ3n) is 5.06. The van der Waals surface area contributed by atoms with Crippen LogP contribution in [0.3, 0.4) is 0 Å². The van der Waals surface area contributed by atoms with E-state index in [0.717, 1.165) is 51.6 Å². The Morgan fingerprint density at radius 2 is 2.04 bits per heavy atom. The van der Waals surface area contributed by atoms with E-state index in [9.17, 15) is 14.7 Å². The van der Waals surface area contributed by atoms with Crippen LogP contribution < -0.4 is 0 Å². The lowest BCUT2D eigenvalue weighted by Gasteiger charge is -2.23. The lowest BCUT2D eigenvalue weighted by atomic mass is 10.0. The van der Waals surface area contributed by atoms with Crippen LogP contribution >= 0.6 is 0 Å². The largest absolute Gasteiger partial charge is 0.481 e. The number of unbranched alkanes of at least 4 members (excludes halogenated alkanes) is 2. The highest BCUT2D eigenvalue weighted by Gasteiger charge is 2.31. The summed E-state index contributed by atoms with van der Waals surface area (Å²) in [5, 5.41) is 18.9. The molecule has 5 nitrogen and oxygen atoms in total. The van der Waals surface area contributed by atoms with E-state index in [-0.39, 0.29) is 23.8 Å². The Kier molecular flexibility index (Phi) is 10.7. The first-order valence-electron chi connectivity index (χ1n) is 9.78. The molecule has 0 aromatic rings. The summed E-state index contributed by atoms with van der Waals surface area (Å²) in [4.78, 5) is 25.0. The second-order valence-electron chi connectivity index (χ2n) is 7.23. The van der Waals surface area contributed by atoms with Gasteiger partial charge in [0, 0.05) is 19.5 Å². The molecule has 0 spiro atoms. The van der Waals surface area contributed by atoms with Gasteiger partial charge in [-0.15, -0.1) is 0 Å². The number of aliphatic hydroxyl groups is 1. The Hall–Kier alpha value is -1.20. The van der Waals surface area contributed by atoms with E-state index >= 15 is 0 Å². The maximum absolute atomic E-state index is 12.1. The Morgan fingerprint density at radius 1 is 1.28 bits per heavy atom. The quantitative estimate of drug-likeness (QED) is 0.392. The average molecular weight is 354 g/mol. The molecule has 1 rings (SSSR count). The van der Waals surface area contributed by atoms with Crippen LogP contribution in [0.5, 0.6) is 0 Å². The van der Waals surface area contributed by atoms with Crippen LogP contribution in [0.1, 0.15) is 71.6 Å². The second kappa shape index (κ2) is 12.2. The smallest absolute Gasteiger partial charge is 0.306 e. The van der Waals surface area contributed by atoms with Crippen LogP contribution in [0.25, 0.3) is 0 Å². The normalized spacial score (nSPS) is 21.1. The summed E-state index contributed by atoms with van der Waals surface area (Å²) in [5.74, 6) is -0.810. The molecule has 1 aliphatic rings. The summed E-state index contributed by atoms with van der Waals surface area (Å²) in [6.07, 6.45) is 11.3. The molecule has 0 bridgehead atoms. The zero-order valence-corrected chi connectivity index (χ0v) is 15.8. The van der Waals surface area contributed by atoms with Crippen LogP contribution in [0.15, 0.2) is 12.2 Å². The van der Waals surface area contributed by atoms with Crippen molar-refractivity contribution in [1.82, 2.24) is 4.90 Å². The van der Waals surface area contributed by atoms with E-state index < -0.39 is 5.97 Å². The number of carboxylic acid groups (broad SMARTS) is 1. The summed E-state index contributed by atoms with van der Waals surface area (Å²) in [7, 11) is 0. The third-order valence-corrected chi connectivity index (χ3v) is 5.06. The number of carbonyl (C=O) groups is 2. The number of hydrogen-bond donors (Lipinski definition) is 2. The zero-order chi connectivity index (χ0) is 18.7. The van der Waals surface area contributed by atoms with Gasteiger partial charge in [-0.05, 0) is 32.1 Å². The number of Topliss-reactive ketones (excluding diaryl/α,β-unsaturated/α-hetero) is 1. The first-order valence-corrected chi connectivity index (χ1v) is 9.78. The fourth-order valence-electron chi connectivity index (χ4n) is 3.23. The number of likely N-dealkylation sites (tertiary alicyclic amines) is 1. The summed E-state index contributed by atoms with van der Waals surface area (Å²) in [6, 6.07) is -0.0732. The Labute approximate surface area is 152 Å². The molecular weight excluding hydrogens is 318 g/mol. The highest BCUT2D eigenvalue weighted by molar-refractivity contribution is 5.86. The van der Waals surface area contributed by atoms with Crippen molar-refractivity contribution in [3.63, 3.8) is 0 Å². The van der Waals surface area contributed by atoms with Crippen molar-refractivity contribution in [3.8, 4) is 0 Å². The van der Waals surface area contributed by atoms with Gasteiger partial charge in [-0.2, -0.15) is 0 Å². The van der Waals surface area contributed by atoms with Gasteiger partial charge in [0.05, 0.1) is 18.1 Å². The number of carbonyl (C=O) groups excluding carboxylic acids is 1. The van der Waals surface area contributed by atoms with Crippen molar-refractivity contribution in [2.45, 2.75) is 83.8 Å². The first-order chi connectivity index (χ1) is 12.0. The van der Waals surface area contributed by atoms with Gasteiger partial charge in [-0.25, -0.2) is 0 Å². The summed E-state index contributed by atoms with van der Waals surface area (Å²) >= 11 is 0. The van der Waals surface area contributed by atoms with Gasteiger partial charge in [0.2, 0.25) is 0 Å². The van der Waals surface area contributed by atoms with Gasteiger partial charge >= 0.3 is 5.97 Å². The van der Waals surface area contributed by atoms with E-state index in [1.54, 1.807) is 6.92 Å². The maximum atomic E-state index is 12.1. The fraction of sp³-hybridized carbons (Fsp3) is 0.800. The van der Waals surface area contributed by atoms with Gasteiger partial charge < -0.3 is 10.2 Å². The molecule has 0 aromatic carbocycles. The molecule has 0 amide bonds. The number of carboxylic acids is 1. The highest BCUT2D eigenvalue weighted by atomic mass is 16.4. The monoisotopic (exact) mass is 353 g/mol. The number of aliphatic hydroxyl groups excluding tert-OH is 1. The molecule has 1 aliphatic heterocycles. The van der Waals surface area contributed by atoms with E-state index in [2.05, 4.69) is 11.8 Å². The van der Waals surface area contributed by atoms with E-state index in [1.807, 2.05) is 12.2 Å². The molecule has 0 aliphatic carbocycles. The Morgan fingerprint density at radius 3 is 2.72 bits per heavy atom. The molecule has 2 unspecified atom stereocenters. The lowest BCUT2D eigenvalue weighted by Crippen LogP contribution is -2.34. The predicted molar refractivity (Wildman–Crippen MR) is 99.5 cm³/mol. The highest BCUT2D eigenvalue weighted by Crippen LogP contribution is 2.19. The van der Waals surface area contributed by atoms with Crippen LogP contribution in [-0.2, 0) is 9.59 Å². The van der Waals surface area contributed by atoms with Crippen molar-refractivity contribution in [1.29, 1.82) is 0 Å². The van der Waals surface area contributed by atoms with Crippen LogP contribution in [0, 0.1) is 5.92 Å². The number of ketones is 1. The van der Waals surface area contributed by atoms with Crippen LogP contribution in [-0.4, -0.2) is 52.1 Å². The SMILES string of the molecule is CCCCCC(O)CCN1CCC(=O)[C@H]1C/C=C/CCC(C)C(=O)O. The molecule has 1 saturated heterocycles. The Balaban J connectivity index is 2.31. The minimum atomic E-state index is -0.761. The molecule has 0 saturated carbocycles. The van der Waals surface area contributed by atoms with Gasteiger partial charge in [-0.1, -0.05) is 45.3 Å². The zero-order valence-electron chi connectivity index (χ0n) is 15.8. The van der Waals surface area contributed by atoms with Crippen molar-refractivity contribution >= 4 is 11.8 Å². The molecule has 1 heterocycles. The minimum Gasteiger partial charge on any atom is -0.481 e. The molecule has 25 heavy (non-hydrogen) atoms. The molecule has 1 fully saturated rings. The van der Waals surface area contributed by atoms with Gasteiger partial charge in [-0.3, -0.25) is 14.5 Å². The number of rotatable bonds is 13. The number of nitrogens with zero attached hydrogens (tertiary/aromatic N) is 1. The van der Waals surface area contributed by atoms with E-state index in [0.29, 0.717) is 19.3 Å². The standard InChI is InChI=1S/C20H35NO4/c1-3-4-6-10-17(22)12-14-21-15-13-19(23)18(21)11-8-5-7-9-16(2)20(24)25/h5,8,16-18,22H,3-4,6-7,9-15H2,1-2H3,(H,24,25)/b8-5+/t16?,17?,18-/m1/s1. The van der Waals surface area contributed by atoms with Crippen molar-refractivity contribution in [2.75, 3.05) is 13.1 Å². The third kappa shape index (κ3) is 8.63. The first kappa shape index (κ1) is 21.8. The van der Waals surface area contributed by atoms with Gasteiger partial charge in [0.25, 0.3) is 0 Å². The van der Waals surface area contributed by atoms with Crippen molar-refractivity contribution in [3.05, 3.63) is 12.2 Å². The molecule has 144 valence electrons.